The van der Waals surface area contributed by atoms with Crippen LogP contribution in [0.3, 0.4) is 0 Å². The molecule has 3 nitrogen and oxygen atoms in total. The zero-order chi connectivity index (χ0) is 34.4. The third-order valence-electron chi connectivity index (χ3n) is 14.3. The molecule has 4 aliphatic carbocycles. The van der Waals surface area contributed by atoms with Crippen LogP contribution in [0.15, 0.2) is 84.9 Å². The van der Waals surface area contributed by atoms with E-state index in [0.29, 0.717) is 23.4 Å². The van der Waals surface area contributed by atoms with Gasteiger partial charge in [-0.1, -0.05) is 107 Å². The normalized spacial score (nSPS) is 33.3. The molecule has 7 rings (SSSR count). The van der Waals surface area contributed by atoms with Crippen molar-refractivity contribution in [3.8, 4) is 17.6 Å². The fourth-order valence-electron chi connectivity index (χ4n) is 11.8. The molecule has 49 heavy (non-hydrogen) atoms. The highest BCUT2D eigenvalue weighted by atomic mass is 28.4. The molecule has 0 bridgehead atoms. The van der Waals surface area contributed by atoms with Crippen LogP contribution < -0.4 is 15.1 Å². The highest BCUT2D eigenvalue weighted by Crippen LogP contribution is 2.68. The minimum atomic E-state index is -2.57. The maximum Gasteiger partial charge on any atom is 0.261 e. The summed E-state index contributed by atoms with van der Waals surface area (Å²) in [6, 6.07) is 30.2. The van der Waals surface area contributed by atoms with E-state index in [1.54, 1.807) is 7.11 Å². The summed E-state index contributed by atoms with van der Waals surface area (Å²) in [6.07, 6.45) is 10.8. The van der Waals surface area contributed by atoms with E-state index in [4.69, 9.17) is 9.16 Å². The number of fused-ring (bicyclic) bond motifs is 5. The molecule has 0 aromatic heterocycles. The molecule has 0 spiro atoms. The first-order valence-corrected chi connectivity index (χ1v) is 21.0. The van der Waals surface area contributed by atoms with Gasteiger partial charge in [-0.3, -0.25) is 0 Å². The minimum absolute atomic E-state index is 0.00451. The van der Waals surface area contributed by atoms with Gasteiger partial charge in [0.05, 0.1) is 7.11 Å². The Kier molecular flexibility index (Phi) is 9.44. The van der Waals surface area contributed by atoms with Gasteiger partial charge in [-0.05, 0) is 132 Å². The van der Waals surface area contributed by atoms with E-state index in [1.807, 2.05) is 24.3 Å². The van der Waals surface area contributed by atoms with Crippen LogP contribution in [-0.2, 0) is 4.43 Å². The van der Waals surface area contributed by atoms with Crippen molar-refractivity contribution in [2.75, 3.05) is 7.11 Å². The third kappa shape index (κ3) is 6.02. The standard InChI is InChI=1S/C45H58O3Si/c1-43(2,3)49(36-13-9-7-10-14-36,37-15-11-8-12-16-37)48-35-27-29-44(4)33(31-35)20-23-38-39-24-25-41(45(39,5)30-28-40(38)44)42(46)26-19-32-17-21-34(47-6)22-18-32/h7-18,21-22,33,35,38-42,46H,20,23-25,27-31H2,1-6H3/t33-,35+,38-,39-,40-,41+,42-,44-,45-/m0/s1. The summed E-state index contributed by atoms with van der Waals surface area (Å²) in [7, 11) is -0.891. The molecule has 1 N–H and O–H groups in total. The van der Waals surface area contributed by atoms with Crippen molar-refractivity contribution in [1.29, 1.82) is 0 Å². The second-order valence-corrected chi connectivity index (χ2v) is 21.8. The molecule has 9 atom stereocenters. The van der Waals surface area contributed by atoms with Crippen LogP contribution in [-0.4, -0.2) is 32.7 Å². The quantitative estimate of drug-likeness (QED) is 0.210. The van der Waals surface area contributed by atoms with Crippen LogP contribution in [0.25, 0.3) is 0 Å². The Hall–Kier alpha value is -2.84. The molecule has 0 heterocycles. The Bertz CT molecular complexity index is 1600. The van der Waals surface area contributed by atoms with E-state index < -0.39 is 14.4 Å². The average molecular weight is 675 g/mol. The molecule has 4 aliphatic rings. The van der Waals surface area contributed by atoms with Gasteiger partial charge in [-0.15, -0.1) is 0 Å². The molecule has 3 aromatic rings. The van der Waals surface area contributed by atoms with Crippen molar-refractivity contribution < 1.29 is 14.3 Å². The smallest absolute Gasteiger partial charge is 0.261 e. The highest BCUT2D eigenvalue weighted by Gasteiger charge is 2.61. The Morgan fingerprint density at radius 3 is 1.98 bits per heavy atom. The lowest BCUT2D eigenvalue weighted by Gasteiger charge is -2.61. The average Bonchev–Trinajstić information content (AvgIpc) is 3.47. The van der Waals surface area contributed by atoms with Crippen LogP contribution in [0.5, 0.6) is 5.75 Å². The lowest BCUT2D eigenvalue weighted by atomic mass is 9.44. The SMILES string of the molecule is COc1ccc(C#C[C@H](O)[C@H]2CC[C@H]3[C@@H]4CC[C@H]5C[C@H](O[Si](c6ccccc6)(c6ccccc6)C(C)(C)C)CC[C@]5(C)[C@H]4CC[C@]23C)cc1. The zero-order valence-electron chi connectivity index (χ0n) is 30.8. The first-order valence-electron chi connectivity index (χ1n) is 19.1. The topological polar surface area (TPSA) is 38.7 Å². The molecule has 0 unspecified atom stereocenters. The minimum Gasteiger partial charge on any atom is -0.497 e. The predicted molar refractivity (Wildman–Crippen MR) is 204 cm³/mol. The van der Waals surface area contributed by atoms with Gasteiger partial charge in [0.15, 0.2) is 0 Å². The van der Waals surface area contributed by atoms with Crippen LogP contribution in [0, 0.1) is 52.3 Å². The van der Waals surface area contributed by atoms with E-state index in [1.165, 1.54) is 55.3 Å². The summed E-state index contributed by atoms with van der Waals surface area (Å²) in [5.74, 6) is 10.6. The summed E-state index contributed by atoms with van der Waals surface area (Å²) >= 11 is 0. The summed E-state index contributed by atoms with van der Waals surface area (Å²) in [5.41, 5.74) is 1.48. The largest absolute Gasteiger partial charge is 0.497 e. The first kappa shape index (κ1) is 34.6. The predicted octanol–water partition coefficient (Wildman–Crippen LogP) is 9.01. The molecule has 0 radical (unpaired) electrons. The fraction of sp³-hybridized carbons (Fsp3) is 0.556. The molecule has 0 aliphatic heterocycles. The molecule has 4 fully saturated rings. The Morgan fingerprint density at radius 1 is 0.755 bits per heavy atom. The molecule has 4 heteroatoms. The monoisotopic (exact) mass is 674 g/mol. The van der Waals surface area contributed by atoms with Crippen molar-refractivity contribution in [1.82, 2.24) is 0 Å². The second kappa shape index (κ2) is 13.4. The van der Waals surface area contributed by atoms with E-state index in [9.17, 15) is 5.11 Å². The molecular formula is C45H58O3Si. The molecule has 4 saturated carbocycles. The number of rotatable bonds is 6. The van der Waals surface area contributed by atoms with Gasteiger partial charge in [0.25, 0.3) is 8.32 Å². The van der Waals surface area contributed by atoms with Crippen LogP contribution >= 0.6 is 0 Å². The number of methoxy groups -OCH3 is 1. The van der Waals surface area contributed by atoms with Gasteiger partial charge >= 0.3 is 0 Å². The molecule has 0 saturated heterocycles. The number of aliphatic hydroxyl groups excluding tert-OH is 1. The summed E-state index contributed by atoms with van der Waals surface area (Å²) in [5, 5.41) is 14.3. The van der Waals surface area contributed by atoms with E-state index >= 15 is 0 Å². The van der Waals surface area contributed by atoms with Crippen molar-refractivity contribution in [3.05, 3.63) is 90.5 Å². The summed E-state index contributed by atoms with van der Waals surface area (Å²) in [4.78, 5) is 0. The second-order valence-electron chi connectivity index (χ2n) is 17.5. The zero-order valence-corrected chi connectivity index (χ0v) is 31.8. The van der Waals surface area contributed by atoms with Gasteiger partial charge in [-0.25, -0.2) is 0 Å². The van der Waals surface area contributed by atoms with E-state index in [0.717, 1.165) is 36.0 Å². The van der Waals surface area contributed by atoms with Crippen LogP contribution in [0.4, 0.5) is 0 Å². The van der Waals surface area contributed by atoms with E-state index in [2.05, 4.69) is 107 Å². The lowest BCUT2D eigenvalue weighted by Crippen LogP contribution is -2.68. The maximum absolute atomic E-state index is 11.5. The molecular weight excluding hydrogens is 617 g/mol. The highest BCUT2D eigenvalue weighted by molar-refractivity contribution is 6.99. The molecule has 0 amide bonds. The molecule has 260 valence electrons. The van der Waals surface area contributed by atoms with Gasteiger partial charge in [0.2, 0.25) is 0 Å². The van der Waals surface area contributed by atoms with Crippen molar-refractivity contribution in [2.24, 2.45) is 40.4 Å². The summed E-state index contributed by atoms with van der Waals surface area (Å²) < 4.78 is 13.0. The Balaban J connectivity index is 1.08. The Labute approximate surface area is 297 Å². The number of hydrogen-bond acceptors (Lipinski definition) is 3. The van der Waals surface area contributed by atoms with Crippen molar-refractivity contribution in [2.45, 2.75) is 110 Å². The third-order valence-corrected chi connectivity index (χ3v) is 19.4. The van der Waals surface area contributed by atoms with Crippen molar-refractivity contribution >= 4 is 18.7 Å². The van der Waals surface area contributed by atoms with Gasteiger partial charge in [0, 0.05) is 17.6 Å². The van der Waals surface area contributed by atoms with Crippen molar-refractivity contribution in [3.63, 3.8) is 0 Å². The lowest BCUT2D eigenvalue weighted by molar-refractivity contribution is -0.129. The first-order chi connectivity index (χ1) is 23.5. The fourth-order valence-corrected chi connectivity index (χ4v) is 16.5. The number of aliphatic hydroxyl groups is 1. The Morgan fingerprint density at radius 2 is 1.37 bits per heavy atom. The van der Waals surface area contributed by atoms with Crippen LogP contribution in [0.1, 0.15) is 98.0 Å². The summed E-state index contributed by atoms with van der Waals surface area (Å²) in [6.45, 7) is 12.4. The number of ether oxygens (including phenoxy) is 1. The number of benzene rings is 3. The van der Waals surface area contributed by atoms with Gasteiger partial charge in [0.1, 0.15) is 11.9 Å². The van der Waals surface area contributed by atoms with Gasteiger partial charge in [-0.2, -0.15) is 0 Å². The van der Waals surface area contributed by atoms with E-state index in [-0.39, 0.29) is 16.4 Å². The maximum atomic E-state index is 11.5. The molecule has 3 aromatic carbocycles. The van der Waals surface area contributed by atoms with Gasteiger partial charge < -0.3 is 14.3 Å². The van der Waals surface area contributed by atoms with Crippen LogP contribution in [0.2, 0.25) is 5.04 Å². The number of hydrogen-bond donors (Lipinski definition) is 1.